The van der Waals surface area contributed by atoms with Crippen molar-refractivity contribution in [3.63, 3.8) is 0 Å². The van der Waals surface area contributed by atoms with E-state index in [1.54, 1.807) is 0 Å². The Morgan fingerprint density at radius 3 is 3.20 bits per heavy atom. The average Bonchev–Trinajstić information content (AvgIpc) is 2.82. The molecule has 5 nitrogen and oxygen atoms in total. The molecule has 2 aliphatic rings. The average molecular weight is 207 g/mol. The SMILES string of the molecule is O=C1NCC(c2cn3c(n2)CCCC3)O1. The molecule has 15 heavy (non-hydrogen) atoms. The summed E-state index contributed by atoms with van der Waals surface area (Å²) in [6, 6.07) is 0. The molecule has 1 N–H and O–H groups in total. The van der Waals surface area contributed by atoms with Gasteiger partial charge in [0.15, 0.2) is 6.10 Å². The number of aryl methyl sites for hydroxylation is 2. The van der Waals surface area contributed by atoms with Crippen molar-refractivity contribution < 1.29 is 9.53 Å². The molecule has 80 valence electrons. The molecule has 1 fully saturated rings. The van der Waals surface area contributed by atoms with Crippen molar-refractivity contribution >= 4 is 6.09 Å². The third-order valence-corrected chi connectivity index (χ3v) is 2.94. The number of fused-ring (bicyclic) bond motifs is 1. The Kier molecular flexibility index (Phi) is 1.90. The van der Waals surface area contributed by atoms with Crippen molar-refractivity contribution in [3.05, 3.63) is 17.7 Å². The van der Waals surface area contributed by atoms with Crippen LogP contribution in [0.2, 0.25) is 0 Å². The molecule has 0 bridgehead atoms. The van der Waals surface area contributed by atoms with Gasteiger partial charge in [0.2, 0.25) is 0 Å². The van der Waals surface area contributed by atoms with Gasteiger partial charge in [0.05, 0.1) is 6.54 Å². The van der Waals surface area contributed by atoms with Gasteiger partial charge in [0.1, 0.15) is 11.5 Å². The molecule has 1 unspecified atom stereocenters. The highest BCUT2D eigenvalue weighted by molar-refractivity contribution is 5.69. The molecule has 0 saturated carbocycles. The molecule has 1 saturated heterocycles. The predicted molar refractivity (Wildman–Crippen MR) is 52.4 cm³/mol. The first-order valence-electron chi connectivity index (χ1n) is 5.33. The summed E-state index contributed by atoms with van der Waals surface area (Å²) >= 11 is 0. The van der Waals surface area contributed by atoms with E-state index in [1.165, 1.54) is 12.8 Å². The Labute approximate surface area is 87.4 Å². The van der Waals surface area contributed by atoms with E-state index in [0.29, 0.717) is 6.54 Å². The number of hydrogen-bond acceptors (Lipinski definition) is 3. The van der Waals surface area contributed by atoms with Crippen LogP contribution in [0.25, 0.3) is 0 Å². The van der Waals surface area contributed by atoms with E-state index in [2.05, 4.69) is 14.9 Å². The number of cyclic esters (lactones) is 1. The molecule has 3 heterocycles. The number of imidazole rings is 1. The first-order chi connectivity index (χ1) is 7.33. The molecule has 2 aliphatic heterocycles. The van der Waals surface area contributed by atoms with Crippen LogP contribution in [0.4, 0.5) is 4.79 Å². The smallest absolute Gasteiger partial charge is 0.408 e. The molecule has 1 aromatic heterocycles. The maximum absolute atomic E-state index is 10.9. The van der Waals surface area contributed by atoms with Crippen molar-refractivity contribution in [2.75, 3.05) is 6.54 Å². The van der Waals surface area contributed by atoms with Crippen molar-refractivity contribution in [1.29, 1.82) is 0 Å². The predicted octanol–water partition coefficient (Wildman–Crippen LogP) is 1.00. The molecular weight excluding hydrogens is 194 g/mol. The number of nitrogens with one attached hydrogen (secondary N) is 1. The van der Waals surface area contributed by atoms with Gasteiger partial charge in [-0.3, -0.25) is 0 Å². The van der Waals surface area contributed by atoms with E-state index in [4.69, 9.17) is 4.74 Å². The summed E-state index contributed by atoms with van der Waals surface area (Å²) < 4.78 is 7.27. The standard InChI is InChI=1S/C10H13N3O2/c14-10-11-5-8(15-10)7-6-13-4-2-1-3-9(13)12-7/h6,8H,1-5H2,(H,11,14). The first kappa shape index (κ1) is 8.76. The van der Waals surface area contributed by atoms with Crippen LogP contribution in [0.1, 0.15) is 30.5 Å². The minimum absolute atomic E-state index is 0.199. The minimum atomic E-state index is -0.342. The third kappa shape index (κ3) is 1.48. The molecule has 1 aromatic rings. The minimum Gasteiger partial charge on any atom is -0.438 e. The van der Waals surface area contributed by atoms with Crippen LogP contribution in [0.15, 0.2) is 6.20 Å². The number of carbonyl (C=O) groups excluding carboxylic acids is 1. The molecule has 0 aromatic carbocycles. The van der Waals surface area contributed by atoms with Gasteiger partial charge in [0, 0.05) is 19.2 Å². The largest absolute Gasteiger partial charge is 0.438 e. The van der Waals surface area contributed by atoms with E-state index in [9.17, 15) is 4.79 Å². The van der Waals surface area contributed by atoms with Crippen LogP contribution in [0, 0.1) is 0 Å². The summed E-state index contributed by atoms with van der Waals surface area (Å²) in [5, 5.41) is 2.64. The zero-order valence-corrected chi connectivity index (χ0v) is 8.40. The van der Waals surface area contributed by atoms with Gasteiger partial charge in [-0.2, -0.15) is 0 Å². The lowest BCUT2D eigenvalue weighted by atomic mass is 10.2. The zero-order chi connectivity index (χ0) is 10.3. The van der Waals surface area contributed by atoms with E-state index < -0.39 is 0 Å². The fraction of sp³-hybridized carbons (Fsp3) is 0.600. The molecule has 0 spiro atoms. The lowest BCUT2D eigenvalue weighted by molar-refractivity contribution is 0.139. The maximum Gasteiger partial charge on any atom is 0.408 e. The lowest BCUT2D eigenvalue weighted by Gasteiger charge is -2.11. The number of amides is 1. The molecule has 0 aliphatic carbocycles. The molecule has 3 rings (SSSR count). The molecule has 0 radical (unpaired) electrons. The van der Waals surface area contributed by atoms with Crippen molar-refractivity contribution in [2.45, 2.75) is 31.9 Å². The Morgan fingerprint density at radius 1 is 1.53 bits per heavy atom. The summed E-state index contributed by atoms with van der Waals surface area (Å²) in [4.78, 5) is 15.4. The molecule has 5 heteroatoms. The van der Waals surface area contributed by atoms with Crippen LogP contribution in [0.3, 0.4) is 0 Å². The fourth-order valence-electron chi connectivity index (χ4n) is 2.14. The molecule has 1 amide bonds. The van der Waals surface area contributed by atoms with Crippen LogP contribution < -0.4 is 5.32 Å². The van der Waals surface area contributed by atoms with Gasteiger partial charge in [-0.25, -0.2) is 9.78 Å². The van der Waals surface area contributed by atoms with E-state index >= 15 is 0 Å². The van der Waals surface area contributed by atoms with Gasteiger partial charge in [0.25, 0.3) is 0 Å². The highest BCUT2D eigenvalue weighted by Gasteiger charge is 2.27. The van der Waals surface area contributed by atoms with Crippen LogP contribution in [-0.2, 0) is 17.7 Å². The highest BCUT2D eigenvalue weighted by Crippen LogP contribution is 2.22. The van der Waals surface area contributed by atoms with Crippen LogP contribution in [0.5, 0.6) is 0 Å². The quantitative estimate of drug-likeness (QED) is 0.747. The lowest BCUT2D eigenvalue weighted by Crippen LogP contribution is -2.12. The molecular formula is C10H13N3O2. The number of hydrogen-bond donors (Lipinski definition) is 1. The van der Waals surface area contributed by atoms with E-state index in [1.807, 2.05) is 6.20 Å². The van der Waals surface area contributed by atoms with Crippen molar-refractivity contribution in [2.24, 2.45) is 0 Å². The normalized spacial score (nSPS) is 24.5. The fourth-order valence-corrected chi connectivity index (χ4v) is 2.14. The second-order valence-corrected chi connectivity index (χ2v) is 4.01. The Balaban J connectivity index is 1.86. The number of ether oxygens (including phenoxy) is 1. The summed E-state index contributed by atoms with van der Waals surface area (Å²) in [7, 11) is 0. The monoisotopic (exact) mass is 207 g/mol. The number of nitrogens with zero attached hydrogens (tertiary/aromatic N) is 2. The number of alkyl carbamates (subject to hydrolysis) is 1. The second kappa shape index (κ2) is 3.25. The second-order valence-electron chi connectivity index (χ2n) is 4.01. The van der Waals surface area contributed by atoms with Gasteiger partial charge in [-0.05, 0) is 12.8 Å². The number of rotatable bonds is 1. The third-order valence-electron chi connectivity index (χ3n) is 2.94. The van der Waals surface area contributed by atoms with Crippen LogP contribution in [-0.4, -0.2) is 22.2 Å². The molecule has 1 atom stereocenters. The Bertz CT molecular complexity index is 376. The van der Waals surface area contributed by atoms with Gasteiger partial charge >= 0.3 is 6.09 Å². The number of carbonyl (C=O) groups is 1. The van der Waals surface area contributed by atoms with Crippen molar-refractivity contribution in [3.8, 4) is 0 Å². The van der Waals surface area contributed by atoms with Gasteiger partial charge < -0.3 is 14.6 Å². The Hall–Kier alpha value is -1.52. The summed E-state index contributed by atoms with van der Waals surface area (Å²) in [6.07, 6.45) is 4.93. The van der Waals surface area contributed by atoms with Gasteiger partial charge in [-0.1, -0.05) is 0 Å². The van der Waals surface area contributed by atoms with Crippen molar-refractivity contribution in [1.82, 2.24) is 14.9 Å². The maximum atomic E-state index is 10.9. The summed E-state index contributed by atoms with van der Waals surface area (Å²) in [6.45, 7) is 1.58. The summed E-state index contributed by atoms with van der Waals surface area (Å²) in [5.41, 5.74) is 0.880. The van der Waals surface area contributed by atoms with Gasteiger partial charge in [-0.15, -0.1) is 0 Å². The van der Waals surface area contributed by atoms with E-state index in [0.717, 1.165) is 24.5 Å². The highest BCUT2D eigenvalue weighted by atomic mass is 16.6. The van der Waals surface area contributed by atoms with E-state index in [-0.39, 0.29) is 12.2 Å². The Morgan fingerprint density at radius 2 is 2.47 bits per heavy atom. The van der Waals surface area contributed by atoms with Crippen LogP contribution >= 0.6 is 0 Å². The first-order valence-corrected chi connectivity index (χ1v) is 5.33. The topological polar surface area (TPSA) is 56.2 Å². The summed E-state index contributed by atoms with van der Waals surface area (Å²) in [5.74, 6) is 1.12. The zero-order valence-electron chi connectivity index (χ0n) is 8.40. The number of aromatic nitrogens is 2.